The van der Waals surface area contributed by atoms with E-state index in [2.05, 4.69) is 0 Å². The molecule has 2 atom stereocenters. The number of aryl methyl sites for hydroxylation is 1. The Morgan fingerprint density at radius 3 is 2.39 bits per heavy atom. The summed E-state index contributed by atoms with van der Waals surface area (Å²) in [7, 11) is 0. The van der Waals surface area contributed by atoms with Crippen molar-refractivity contribution in [2.24, 2.45) is 5.41 Å². The van der Waals surface area contributed by atoms with Crippen LogP contribution in [0.25, 0.3) is 0 Å². The van der Waals surface area contributed by atoms with Crippen LogP contribution in [-0.4, -0.2) is 40.1 Å². The van der Waals surface area contributed by atoms with Crippen LogP contribution in [0.15, 0.2) is 42.5 Å². The van der Waals surface area contributed by atoms with Gasteiger partial charge < -0.3 is 14.7 Å². The minimum absolute atomic E-state index is 0.0134. The highest BCUT2D eigenvalue weighted by Crippen LogP contribution is 2.41. The van der Waals surface area contributed by atoms with Gasteiger partial charge in [-0.15, -0.1) is 0 Å². The van der Waals surface area contributed by atoms with Gasteiger partial charge in [-0.25, -0.2) is 4.79 Å². The third-order valence-electron chi connectivity index (χ3n) is 5.74. The SMILES string of the molecule is Cc1ccc(C2CN(C(=O)Oc3ccc([N+](=O)[O-])cc3)CC(C)(C(=O)O)C2)cc1C(F)(F)F. The smallest absolute Gasteiger partial charge is 0.416 e. The first-order chi connectivity index (χ1) is 15.3. The lowest BCUT2D eigenvalue weighted by atomic mass is 9.74. The van der Waals surface area contributed by atoms with Gasteiger partial charge in [-0.05, 0) is 49.6 Å². The van der Waals surface area contributed by atoms with E-state index in [1.54, 1.807) is 0 Å². The zero-order valence-electron chi connectivity index (χ0n) is 17.8. The molecule has 1 amide bonds. The lowest BCUT2D eigenvalue weighted by Gasteiger charge is -2.41. The molecule has 0 saturated carbocycles. The van der Waals surface area contributed by atoms with E-state index in [9.17, 15) is 38.0 Å². The van der Waals surface area contributed by atoms with Crippen molar-refractivity contribution in [1.82, 2.24) is 4.90 Å². The zero-order valence-corrected chi connectivity index (χ0v) is 17.8. The fraction of sp³-hybridized carbons (Fsp3) is 0.364. The third kappa shape index (κ3) is 5.24. The molecule has 2 aromatic carbocycles. The number of non-ortho nitro benzene ring substituents is 1. The number of carboxylic acid groups (broad SMARTS) is 1. The van der Waals surface area contributed by atoms with Gasteiger partial charge in [0.2, 0.25) is 0 Å². The summed E-state index contributed by atoms with van der Waals surface area (Å²) in [5.74, 6) is -1.85. The van der Waals surface area contributed by atoms with Gasteiger partial charge in [0.1, 0.15) is 5.75 Å². The van der Waals surface area contributed by atoms with Crippen molar-refractivity contribution in [1.29, 1.82) is 0 Å². The molecule has 1 N–H and O–H groups in total. The van der Waals surface area contributed by atoms with E-state index in [-0.39, 0.29) is 42.1 Å². The summed E-state index contributed by atoms with van der Waals surface area (Å²) in [4.78, 5) is 36.0. The van der Waals surface area contributed by atoms with Gasteiger partial charge in [0, 0.05) is 31.1 Å². The summed E-state index contributed by atoms with van der Waals surface area (Å²) >= 11 is 0. The topological polar surface area (TPSA) is 110 Å². The molecule has 33 heavy (non-hydrogen) atoms. The molecule has 3 rings (SSSR count). The number of piperidine rings is 1. The number of nitrogens with zero attached hydrogens (tertiary/aromatic N) is 2. The number of amides is 1. The van der Waals surface area contributed by atoms with Crippen LogP contribution in [0.1, 0.15) is 36.0 Å². The molecule has 176 valence electrons. The van der Waals surface area contributed by atoms with E-state index >= 15 is 0 Å². The number of hydrogen-bond donors (Lipinski definition) is 1. The van der Waals surface area contributed by atoms with Crippen molar-refractivity contribution in [2.45, 2.75) is 32.4 Å². The summed E-state index contributed by atoms with van der Waals surface area (Å²) in [6, 6.07) is 8.56. The minimum atomic E-state index is -4.57. The van der Waals surface area contributed by atoms with Crippen LogP contribution in [-0.2, 0) is 11.0 Å². The highest BCUT2D eigenvalue weighted by atomic mass is 19.4. The Kier molecular flexibility index (Phi) is 6.35. The maximum atomic E-state index is 13.4. The summed E-state index contributed by atoms with van der Waals surface area (Å²) in [5.41, 5.74) is -2.12. The molecule has 0 spiro atoms. The van der Waals surface area contributed by atoms with Gasteiger partial charge in [-0.2, -0.15) is 13.2 Å². The molecular weight excluding hydrogens is 445 g/mol. The fourth-order valence-electron chi connectivity index (χ4n) is 3.94. The molecular formula is C22H21F3N2O6. The number of alkyl halides is 3. The first-order valence-corrected chi connectivity index (χ1v) is 9.92. The lowest BCUT2D eigenvalue weighted by Crippen LogP contribution is -2.51. The molecule has 1 fully saturated rings. The second kappa shape index (κ2) is 8.72. The molecule has 0 radical (unpaired) electrons. The lowest BCUT2D eigenvalue weighted by molar-refractivity contribution is -0.384. The highest BCUT2D eigenvalue weighted by molar-refractivity contribution is 5.77. The molecule has 0 bridgehead atoms. The number of hydrogen-bond acceptors (Lipinski definition) is 5. The Labute approximate surface area is 186 Å². The number of carbonyl (C=O) groups excluding carboxylic acids is 1. The summed E-state index contributed by atoms with van der Waals surface area (Å²) in [6.07, 6.45) is -5.44. The molecule has 2 unspecified atom stereocenters. The van der Waals surface area contributed by atoms with Gasteiger partial charge in [0.05, 0.1) is 15.9 Å². The molecule has 1 saturated heterocycles. The average molecular weight is 466 g/mol. The first kappa shape index (κ1) is 24.0. The number of benzene rings is 2. The zero-order chi connectivity index (χ0) is 24.6. The Hall–Kier alpha value is -3.63. The number of aliphatic carboxylic acids is 1. The molecule has 1 aliphatic rings. The van der Waals surface area contributed by atoms with Crippen molar-refractivity contribution in [3.05, 3.63) is 69.3 Å². The van der Waals surface area contributed by atoms with Gasteiger partial charge >= 0.3 is 18.2 Å². The van der Waals surface area contributed by atoms with Crippen molar-refractivity contribution in [2.75, 3.05) is 13.1 Å². The van der Waals surface area contributed by atoms with Crippen LogP contribution in [0.5, 0.6) is 5.75 Å². The molecule has 1 heterocycles. The molecule has 0 aromatic heterocycles. The Bertz CT molecular complexity index is 1090. The standard InChI is InChI=1S/C22H21F3N2O6/c1-13-3-4-14(9-18(13)22(23,24)25)15-10-21(2,19(28)29)12-26(11-15)20(30)33-17-7-5-16(6-8-17)27(31)32/h3-9,15H,10-12H2,1-2H3,(H,28,29). The Morgan fingerprint density at radius 1 is 1.21 bits per heavy atom. The second-order valence-corrected chi connectivity index (χ2v) is 8.34. The predicted molar refractivity (Wildman–Crippen MR) is 110 cm³/mol. The van der Waals surface area contributed by atoms with Gasteiger partial charge in [-0.3, -0.25) is 14.9 Å². The number of carbonyl (C=O) groups is 2. The predicted octanol–water partition coefficient (Wildman–Crippen LogP) is 5.00. The first-order valence-electron chi connectivity index (χ1n) is 9.92. The number of ether oxygens (including phenoxy) is 1. The third-order valence-corrected chi connectivity index (χ3v) is 5.74. The quantitative estimate of drug-likeness (QED) is 0.502. The Balaban J connectivity index is 1.88. The number of nitro groups is 1. The maximum absolute atomic E-state index is 13.4. The summed E-state index contributed by atoms with van der Waals surface area (Å²) in [6.45, 7) is 2.51. The van der Waals surface area contributed by atoms with Gasteiger partial charge in [-0.1, -0.05) is 12.1 Å². The van der Waals surface area contributed by atoms with E-state index < -0.39 is 40.1 Å². The van der Waals surface area contributed by atoms with Gasteiger partial charge in [0.15, 0.2) is 0 Å². The largest absolute Gasteiger partial charge is 0.481 e. The van der Waals surface area contributed by atoms with Crippen molar-refractivity contribution in [3.63, 3.8) is 0 Å². The van der Waals surface area contributed by atoms with Crippen LogP contribution in [0.4, 0.5) is 23.7 Å². The number of carboxylic acids is 1. The number of likely N-dealkylation sites (tertiary alicyclic amines) is 1. The van der Waals surface area contributed by atoms with Gasteiger partial charge in [0.25, 0.3) is 5.69 Å². The number of nitro benzene ring substituents is 1. The fourth-order valence-corrected chi connectivity index (χ4v) is 3.94. The molecule has 11 heteroatoms. The highest BCUT2D eigenvalue weighted by Gasteiger charge is 2.45. The number of rotatable bonds is 4. The molecule has 8 nitrogen and oxygen atoms in total. The summed E-state index contributed by atoms with van der Waals surface area (Å²) in [5, 5.41) is 20.5. The van der Waals surface area contributed by atoms with Crippen molar-refractivity contribution < 1.29 is 37.5 Å². The van der Waals surface area contributed by atoms with Crippen LogP contribution in [0, 0.1) is 22.5 Å². The molecule has 2 aromatic rings. The van der Waals surface area contributed by atoms with Crippen LogP contribution < -0.4 is 4.74 Å². The van der Waals surface area contributed by atoms with Crippen molar-refractivity contribution >= 4 is 17.7 Å². The maximum Gasteiger partial charge on any atom is 0.416 e. The van der Waals surface area contributed by atoms with Crippen LogP contribution >= 0.6 is 0 Å². The number of halogens is 3. The van der Waals surface area contributed by atoms with E-state index in [1.807, 2.05) is 0 Å². The minimum Gasteiger partial charge on any atom is -0.481 e. The van der Waals surface area contributed by atoms with Crippen molar-refractivity contribution in [3.8, 4) is 5.75 Å². The molecule has 1 aliphatic heterocycles. The monoisotopic (exact) mass is 466 g/mol. The molecule has 0 aliphatic carbocycles. The van der Waals surface area contributed by atoms with E-state index in [1.165, 1.54) is 38.1 Å². The summed E-state index contributed by atoms with van der Waals surface area (Å²) < 4.78 is 45.4. The normalized spacial score (nSPS) is 20.9. The van der Waals surface area contributed by atoms with E-state index in [0.717, 1.165) is 23.1 Å². The second-order valence-electron chi connectivity index (χ2n) is 8.34. The van der Waals surface area contributed by atoms with Crippen LogP contribution in [0.2, 0.25) is 0 Å². The van der Waals surface area contributed by atoms with E-state index in [0.29, 0.717) is 0 Å². The Morgan fingerprint density at radius 2 is 1.85 bits per heavy atom. The van der Waals surface area contributed by atoms with Crippen LogP contribution in [0.3, 0.4) is 0 Å². The van der Waals surface area contributed by atoms with E-state index in [4.69, 9.17) is 4.74 Å². The average Bonchev–Trinajstić information content (AvgIpc) is 2.73.